The van der Waals surface area contributed by atoms with Gasteiger partial charge in [0.15, 0.2) is 10.3 Å². The lowest BCUT2D eigenvalue weighted by Gasteiger charge is -2.06. The van der Waals surface area contributed by atoms with Gasteiger partial charge in [0.2, 0.25) is 0 Å². The summed E-state index contributed by atoms with van der Waals surface area (Å²) in [6.45, 7) is 0. The van der Waals surface area contributed by atoms with Gasteiger partial charge in [-0.15, -0.1) is 11.3 Å². The number of fused-ring (bicyclic) bond motifs is 1. The van der Waals surface area contributed by atoms with E-state index >= 15 is 0 Å². The fraction of sp³-hybridized carbons (Fsp3) is 0.267. The third kappa shape index (κ3) is 3.00. The van der Waals surface area contributed by atoms with E-state index in [1.54, 1.807) is 18.4 Å². The van der Waals surface area contributed by atoms with Crippen LogP contribution in [0.5, 0.6) is 5.75 Å². The summed E-state index contributed by atoms with van der Waals surface area (Å²) < 4.78 is 10.9. The number of carbonyl (C=O) groups excluding carboxylic acids is 1. The highest BCUT2D eigenvalue weighted by atomic mass is 32.1. The van der Waals surface area contributed by atoms with E-state index in [2.05, 4.69) is 20.0 Å². The molecule has 7 nitrogen and oxygen atoms in total. The van der Waals surface area contributed by atoms with E-state index in [0.29, 0.717) is 16.4 Å². The van der Waals surface area contributed by atoms with Crippen LogP contribution < -0.4 is 15.0 Å². The highest BCUT2D eigenvalue weighted by Gasteiger charge is 2.17. The lowest BCUT2D eigenvalue weighted by molar-refractivity contribution is 0.187. The molecule has 1 aromatic carbocycles. The van der Waals surface area contributed by atoms with Gasteiger partial charge in [-0.3, -0.25) is 5.32 Å². The van der Waals surface area contributed by atoms with Crippen molar-refractivity contribution < 1.29 is 14.3 Å². The van der Waals surface area contributed by atoms with Crippen molar-refractivity contribution in [3.05, 3.63) is 17.5 Å². The van der Waals surface area contributed by atoms with E-state index in [1.165, 1.54) is 18.4 Å². The van der Waals surface area contributed by atoms with E-state index in [-0.39, 0.29) is 0 Å². The molecule has 2 heterocycles. The maximum absolute atomic E-state index is 11.4. The van der Waals surface area contributed by atoms with Crippen molar-refractivity contribution in [3.63, 3.8) is 0 Å². The number of hydrogen-bond acceptors (Lipinski definition) is 8. The Labute approximate surface area is 146 Å². The zero-order valence-electron chi connectivity index (χ0n) is 13.6. The van der Waals surface area contributed by atoms with E-state index in [4.69, 9.17) is 4.74 Å². The minimum Gasteiger partial charge on any atom is -0.494 e. The molecule has 0 bridgehead atoms. The van der Waals surface area contributed by atoms with E-state index in [0.717, 1.165) is 21.1 Å². The zero-order chi connectivity index (χ0) is 17.3. The molecular formula is C15H16N4O3S2. The van der Waals surface area contributed by atoms with E-state index in [1.807, 2.05) is 36.5 Å². The van der Waals surface area contributed by atoms with E-state index < -0.39 is 6.09 Å². The summed E-state index contributed by atoms with van der Waals surface area (Å²) in [6, 6.07) is 3.81. The lowest BCUT2D eigenvalue weighted by Crippen LogP contribution is -2.10. The highest BCUT2D eigenvalue weighted by molar-refractivity contribution is 7.23. The van der Waals surface area contributed by atoms with Crippen LogP contribution >= 0.6 is 22.7 Å². The molecule has 0 aliphatic rings. The number of methoxy groups -OCH3 is 2. The molecule has 0 saturated heterocycles. The molecule has 0 aliphatic carbocycles. The van der Waals surface area contributed by atoms with Crippen LogP contribution in [0.1, 0.15) is 0 Å². The van der Waals surface area contributed by atoms with Gasteiger partial charge >= 0.3 is 6.09 Å². The Morgan fingerprint density at radius 1 is 1.25 bits per heavy atom. The van der Waals surface area contributed by atoms with Crippen molar-refractivity contribution in [2.24, 2.45) is 0 Å². The molecule has 0 radical (unpaired) electrons. The summed E-state index contributed by atoms with van der Waals surface area (Å²) in [5.41, 5.74) is 2.50. The van der Waals surface area contributed by atoms with Crippen molar-refractivity contribution in [2.75, 3.05) is 38.5 Å². The third-order valence-electron chi connectivity index (χ3n) is 3.27. The van der Waals surface area contributed by atoms with Crippen LogP contribution in [-0.4, -0.2) is 44.4 Å². The van der Waals surface area contributed by atoms with Crippen molar-refractivity contribution in [1.29, 1.82) is 0 Å². The quantitative estimate of drug-likeness (QED) is 0.761. The number of nitrogens with one attached hydrogen (secondary N) is 1. The molecule has 3 aromatic rings. The molecule has 0 atom stereocenters. The summed E-state index contributed by atoms with van der Waals surface area (Å²) in [5.74, 6) is 0.644. The SMILES string of the molecule is COC(=O)Nc1nc2c(OC)ccc(-c3csc(N(C)C)n3)c2s1. The van der Waals surface area contributed by atoms with Crippen LogP contribution in [0, 0.1) is 0 Å². The molecule has 0 fully saturated rings. The number of hydrogen-bond donors (Lipinski definition) is 1. The number of anilines is 2. The normalized spacial score (nSPS) is 10.7. The first kappa shape index (κ1) is 16.5. The van der Waals surface area contributed by atoms with Crippen molar-refractivity contribution in [3.8, 4) is 17.0 Å². The highest BCUT2D eigenvalue weighted by Crippen LogP contribution is 2.40. The molecule has 1 amide bonds. The summed E-state index contributed by atoms with van der Waals surface area (Å²) >= 11 is 2.93. The number of ether oxygens (including phenoxy) is 2. The second-order valence-corrected chi connectivity index (χ2v) is 6.87. The first-order valence-corrected chi connectivity index (χ1v) is 8.68. The van der Waals surface area contributed by atoms with Crippen molar-refractivity contribution in [1.82, 2.24) is 9.97 Å². The fourth-order valence-electron chi connectivity index (χ4n) is 2.13. The van der Waals surface area contributed by atoms with Crippen LogP contribution in [0.2, 0.25) is 0 Å². The molecule has 0 spiro atoms. The molecule has 9 heteroatoms. The number of amides is 1. The number of rotatable bonds is 4. The maximum Gasteiger partial charge on any atom is 0.413 e. The Balaban J connectivity index is 2.12. The van der Waals surface area contributed by atoms with Gasteiger partial charge in [0, 0.05) is 25.0 Å². The number of thiazole rings is 2. The minimum absolute atomic E-state index is 0.450. The fourth-order valence-corrected chi connectivity index (χ4v) is 3.88. The molecule has 3 rings (SSSR count). The summed E-state index contributed by atoms with van der Waals surface area (Å²) in [5, 5.41) is 5.98. The van der Waals surface area contributed by atoms with Gasteiger partial charge in [-0.2, -0.15) is 0 Å². The Morgan fingerprint density at radius 2 is 2.04 bits per heavy atom. The number of benzene rings is 1. The van der Waals surface area contributed by atoms with Crippen molar-refractivity contribution >= 4 is 49.2 Å². The summed E-state index contributed by atoms with van der Waals surface area (Å²) in [7, 11) is 6.82. The van der Waals surface area contributed by atoms with Gasteiger partial charge in [-0.1, -0.05) is 11.3 Å². The van der Waals surface area contributed by atoms with Crippen LogP contribution in [0.25, 0.3) is 21.5 Å². The Kier molecular flexibility index (Phi) is 4.54. The smallest absolute Gasteiger partial charge is 0.413 e. The molecule has 0 aliphatic heterocycles. The molecule has 126 valence electrons. The van der Waals surface area contributed by atoms with Gasteiger partial charge in [0.05, 0.1) is 24.6 Å². The second kappa shape index (κ2) is 6.62. The maximum atomic E-state index is 11.4. The average molecular weight is 364 g/mol. The number of carbonyl (C=O) groups is 1. The van der Waals surface area contributed by atoms with Crippen LogP contribution in [-0.2, 0) is 4.74 Å². The molecule has 0 saturated carbocycles. The zero-order valence-corrected chi connectivity index (χ0v) is 15.2. The van der Waals surface area contributed by atoms with Gasteiger partial charge in [0.1, 0.15) is 11.3 Å². The topological polar surface area (TPSA) is 76.6 Å². The first-order chi connectivity index (χ1) is 11.5. The second-order valence-electron chi connectivity index (χ2n) is 5.04. The summed E-state index contributed by atoms with van der Waals surface area (Å²) in [6.07, 6.45) is -0.557. The van der Waals surface area contributed by atoms with Crippen molar-refractivity contribution in [2.45, 2.75) is 0 Å². The van der Waals surface area contributed by atoms with Gasteiger partial charge in [-0.25, -0.2) is 14.8 Å². The number of aromatic nitrogens is 2. The molecule has 24 heavy (non-hydrogen) atoms. The Morgan fingerprint density at radius 3 is 2.67 bits per heavy atom. The molecule has 2 aromatic heterocycles. The molecule has 1 N–H and O–H groups in total. The first-order valence-electron chi connectivity index (χ1n) is 6.99. The minimum atomic E-state index is -0.557. The molecule has 0 unspecified atom stereocenters. The largest absolute Gasteiger partial charge is 0.494 e. The lowest BCUT2D eigenvalue weighted by atomic mass is 10.1. The van der Waals surface area contributed by atoms with E-state index in [9.17, 15) is 4.79 Å². The Bertz CT molecular complexity index is 888. The van der Waals surface area contributed by atoms with Crippen LogP contribution in [0.4, 0.5) is 15.1 Å². The van der Waals surface area contributed by atoms with Crippen LogP contribution in [0.15, 0.2) is 17.5 Å². The van der Waals surface area contributed by atoms with Crippen LogP contribution in [0.3, 0.4) is 0 Å². The predicted molar refractivity (Wildman–Crippen MR) is 97.6 cm³/mol. The molecular weight excluding hydrogens is 348 g/mol. The number of nitrogens with zero attached hydrogens (tertiary/aromatic N) is 3. The van der Waals surface area contributed by atoms with Gasteiger partial charge in [0.25, 0.3) is 0 Å². The van der Waals surface area contributed by atoms with Gasteiger partial charge in [-0.05, 0) is 12.1 Å². The standard InChI is InChI=1S/C15H16N4O3S2/c1-19(2)14-16-9(7-23-14)8-5-6-10(21-3)11-12(8)24-13(17-11)18-15(20)22-4/h5-7H,1-4H3,(H,17,18,20). The Hall–Kier alpha value is -2.39. The average Bonchev–Trinajstić information content (AvgIpc) is 3.20. The summed E-state index contributed by atoms with van der Waals surface area (Å²) in [4.78, 5) is 22.5. The predicted octanol–water partition coefficient (Wildman–Crippen LogP) is 3.67. The monoisotopic (exact) mass is 364 g/mol. The van der Waals surface area contributed by atoms with Gasteiger partial charge < -0.3 is 14.4 Å². The third-order valence-corrected chi connectivity index (χ3v) is 5.28.